The molecular formula is C23H19NO4. The Labute approximate surface area is 162 Å². The Morgan fingerprint density at radius 1 is 0.964 bits per heavy atom. The van der Waals surface area contributed by atoms with Crippen molar-refractivity contribution in [3.8, 4) is 23.0 Å². The summed E-state index contributed by atoms with van der Waals surface area (Å²) in [6.45, 7) is 3.71. The Balaban J connectivity index is 1.46. The number of para-hydroxylation sites is 1. The molecule has 0 N–H and O–H groups in total. The number of hydrogen-bond donors (Lipinski definition) is 0. The molecule has 0 radical (unpaired) electrons. The van der Waals surface area contributed by atoms with Gasteiger partial charge in [-0.2, -0.15) is 0 Å². The maximum Gasteiger partial charge on any atom is 0.349 e. The first-order valence-corrected chi connectivity index (χ1v) is 8.96. The second-order valence-electron chi connectivity index (χ2n) is 6.50. The van der Waals surface area contributed by atoms with Crippen LogP contribution in [0.2, 0.25) is 0 Å². The van der Waals surface area contributed by atoms with Gasteiger partial charge in [0.05, 0.1) is 0 Å². The van der Waals surface area contributed by atoms with Gasteiger partial charge in [0.1, 0.15) is 17.0 Å². The molecule has 0 unspecified atom stereocenters. The van der Waals surface area contributed by atoms with Crippen LogP contribution in [0.1, 0.15) is 11.1 Å². The molecule has 5 heteroatoms. The molecule has 0 atom stereocenters. The zero-order valence-corrected chi connectivity index (χ0v) is 15.6. The van der Waals surface area contributed by atoms with Gasteiger partial charge < -0.3 is 13.9 Å². The molecule has 0 saturated heterocycles. The van der Waals surface area contributed by atoms with Crippen molar-refractivity contribution < 1.29 is 18.7 Å². The van der Waals surface area contributed by atoms with Crippen molar-refractivity contribution in [1.82, 2.24) is 4.98 Å². The summed E-state index contributed by atoms with van der Waals surface area (Å²) in [6, 6.07) is 20.6. The van der Waals surface area contributed by atoms with Crippen molar-refractivity contribution in [3.63, 3.8) is 0 Å². The smallest absolute Gasteiger partial charge is 0.349 e. The number of oxazole rings is 1. The summed E-state index contributed by atoms with van der Waals surface area (Å²) in [5.41, 5.74) is 4.10. The number of aromatic nitrogens is 1. The Kier molecular flexibility index (Phi) is 4.81. The van der Waals surface area contributed by atoms with E-state index in [0.29, 0.717) is 28.5 Å². The quantitative estimate of drug-likeness (QED) is 0.360. The summed E-state index contributed by atoms with van der Waals surface area (Å²) in [5, 5.41) is 0. The van der Waals surface area contributed by atoms with Crippen molar-refractivity contribution in [1.29, 1.82) is 0 Å². The third-order valence-corrected chi connectivity index (χ3v) is 4.36. The van der Waals surface area contributed by atoms with Crippen molar-refractivity contribution >= 4 is 17.1 Å². The molecule has 0 amide bonds. The van der Waals surface area contributed by atoms with Gasteiger partial charge in [0.15, 0.2) is 12.2 Å². The second-order valence-corrected chi connectivity index (χ2v) is 6.50. The lowest BCUT2D eigenvalue weighted by Crippen LogP contribution is -2.18. The van der Waals surface area contributed by atoms with Crippen LogP contribution in [0.25, 0.3) is 22.6 Å². The fourth-order valence-corrected chi connectivity index (χ4v) is 2.99. The number of nitrogens with zero attached hydrogens (tertiary/aromatic N) is 1. The lowest BCUT2D eigenvalue weighted by Gasteiger charge is -2.11. The van der Waals surface area contributed by atoms with Crippen LogP contribution in [-0.2, 0) is 4.79 Å². The number of aryl methyl sites for hydroxylation is 2. The standard InChI is InChI=1S/C23H19NO4/c1-15-7-6-8-16(2)22(15)26-14-21(25)27-18-11-12-19-20(13-18)28-23(24-19)17-9-4-3-5-10-17/h3-13H,14H2,1-2H3. The lowest BCUT2D eigenvalue weighted by molar-refractivity contribution is -0.136. The highest BCUT2D eigenvalue weighted by molar-refractivity contribution is 5.80. The highest BCUT2D eigenvalue weighted by atomic mass is 16.6. The van der Waals surface area contributed by atoms with E-state index in [9.17, 15) is 4.79 Å². The van der Waals surface area contributed by atoms with E-state index < -0.39 is 5.97 Å². The van der Waals surface area contributed by atoms with Crippen LogP contribution >= 0.6 is 0 Å². The van der Waals surface area contributed by atoms with Crippen molar-refractivity contribution in [2.75, 3.05) is 6.61 Å². The number of ether oxygens (including phenoxy) is 2. The van der Waals surface area contributed by atoms with E-state index in [-0.39, 0.29) is 6.61 Å². The van der Waals surface area contributed by atoms with Gasteiger partial charge in [-0.25, -0.2) is 9.78 Å². The highest BCUT2D eigenvalue weighted by Crippen LogP contribution is 2.27. The Hall–Kier alpha value is -3.60. The molecule has 1 aromatic heterocycles. The predicted molar refractivity (Wildman–Crippen MR) is 106 cm³/mol. The third-order valence-electron chi connectivity index (χ3n) is 4.36. The maximum absolute atomic E-state index is 12.2. The van der Waals surface area contributed by atoms with Crippen LogP contribution < -0.4 is 9.47 Å². The Morgan fingerprint density at radius 2 is 1.71 bits per heavy atom. The molecule has 0 saturated carbocycles. The molecule has 5 nitrogen and oxygen atoms in total. The molecule has 4 rings (SSSR count). The summed E-state index contributed by atoms with van der Waals surface area (Å²) < 4.78 is 16.8. The average molecular weight is 373 g/mol. The zero-order chi connectivity index (χ0) is 19.5. The Bertz CT molecular complexity index is 1110. The number of hydrogen-bond acceptors (Lipinski definition) is 5. The van der Waals surface area contributed by atoms with Crippen LogP contribution in [0.15, 0.2) is 71.1 Å². The molecule has 0 aliphatic carbocycles. The zero-order valence-electron chi connectivity index (χ0n) is 15.6. The van der Waals surface area contributed by atoms with E-state index in [1.165, 1.54) is 0 Å². The minimum atomic E-state index is -0.482. The van der Waals surface area contributed by atoms with Crippen LogP contribution in [0, 0.1) is 13.8 Å². The van der Waals surface area contributed by atoms with Crippen LogP contribution in [0.3, 0.4) is 0 Å². The average Bonchev–Trinajstić information content (AvgIpc) is 3.12. The first-order valence-electron chi connectivity index (χ1n) is 8.96. The summed E-state index contributed by atoms with van der Waals surface area (Å²) in [5.74, 6) is 1.14. The molecule has 140 valence electrons. The SMILES string of the molecule is Cc1cccc(C)c1OCC(=O)Oc1ccc2nc(-c3ccccc3)oc2c1. The van der Waals surface area contributed by atoms with Crippen LogP contribution in [0.4, 0.5) is 0 Å². The lowest BCUT2D eigenvalue weighted by atomic mass is 10.1. The molecular weight excluding hydrogens is 354 g/mol. The number of rotatable bonds is 5. The number of fused-ring (bicyclic) bond motifs is 1. The number of carbonyl (C=O) groups is 1. The first kappa shape index (κ1) is 17.8. The first-order chi connectivity index (χ1) is 13.6. The van der Waals surface area contributed by atoms with E-state index in [1.807, 2.05) is 62.4 Å². The van der Waals surface area contributed by atoms with Gasteiger partial charge in [0, 0.05) is 11.6 Å². The molecule has 0 bridgehead atoms. The highest BCUT2D eigenvalue weighted by Gasteiger charge is 2.12. The van der Waals surface area contributed by atoms with Gasteiger partial charge >= 0.3 is 5.97 Å². The van der Waals surface area contributed by atoms with Crippen molar-refractivity contribution in [3.05, 3.63) is 77.9 Å². The normalized spacial score (nSPS) is 10.8. The third kappa shape index (κ3) is 3.74. The van der Waals surface area contributed by atoms with Crippen LogP contribution in [0.5, 0.6) is 11.5 Å². The van der Waals surface area contributed by atoms with E-state index >= 15 is 0 Å². The minimum absolute atomic E-state index is 0.171. The predicted octanol–water partition coefficient (Wildman–Crippen LogP) is 5.10. The van der Waals surface area contributed by atoms with Gasteiger partial charge in [-0.05, 0) is 49.2 Å². The largest absolute Gasteiger partial charge is 0.481 e. The molecule has 3 aromatic carbocycles. The van der Waals surface area contributed by atoms with Crippen LogP contribution in [-0.4, -0.2) is 17.6 Å². The molecule has 0 fully saturated rings. The van der Waals surface area contributed by atoms with Gasteiger partial charge in [0.2, 0.25) is 5.89 Å². The van der Waals surface area contributed by atoms with E-state index in [2.05, 4.69) is 4.98 Å². The van der Waals surface area contributed by atoms with Gasteiger partial charge in [-0.3, -0.25) is 0 Å². The second kappa shape index (κ2) is 7.56. The summed E-state index contributed by atoms with van der Waals surface area (Å²) in [6.07, 6.45) is 0. The van der Waals surface area contributed by atoms with Gasteiger partial charge in [-0.1, -0.05) is 36.4 Å². The molecule has 0 aliphatic rings. The van der Waals surface area contributed by atoms with E-state index in [0.717, 1.165) is 16.7 Å². The van der Waals surface area contributed by atoms with Crippen molar-refractivity contribution in [2.45, 2.75) is 13.8 Å². The van der Waals surface area contributed by atoms with Crippen molar-refractivity contribution in [2.24, 2.45) is 0 Å². The summed E-state index contributed by atoms with van der Waals surface area (Å²) in [7, 11) is 0. The summed E-state index contributed by atoms with van der Waals surface area (Å²) in [4.78, 5) is 16.6. The van der Waals surface area contributed by atoms with E-state index in [1.54, 1.807) is 18.2 Å². The summed E-state index contributed by atoms with van der Waals surface area (Å²) >= 11 is 0. The van der Waals surface area contributed by atoms with E-state index in [4.69, 9.17) is 13.9 Å². The number of carbonyl (C=O) groups excluding carboxylic acids is 1. The monoisotopic (exact) mass is 373 g/mol. The fourth-order valence-electron chi connectivity index (χ4n) is 2.99. The molecule has 4 aromatic rings. The Morgan fingerprint density at radius 3 is 2.46 bits per heavy atom. The molecule has 28 heavy (non-hydrogen) atoms. The topological polar surface area (TPSA) is 61.6 Å². The van der Waals surface area contributed by atoms with Gasteiger partial charge in [0.25, 0.3) is 0 Å². The molecule has 1 heterocycles. The van der Waals surface area contributed by atoms with Gasteiger partial charge in [-0.15, -0.1) is 0 Å². The minimum Gasteiger partial charge on any atom is -0.481 e. The number of esters is 1. The maximum atomic E-state index is 12.2. The number of benzene rings is 3. The molecule has 0 spiro atoms. The fraction of sp³-hybridized carbons (Fsp3) is 0.130. The molecule has 0 aliphatic heterocycles.